The normalized spacial score (nSPS) is 14.3. The fraction of sp³-hybridized carbons (Fsp3) is 0.263. The third-order valence-electron chi connectivity index (χ3n) is 4.43. The molecule has 0 amide bonds. The summed E-state index contributed by atoms with van der Waals surface area (Å²) in [6.07, 6.45) is 3.92. The quantitative estimate of drug-likeness (QED) is 0.603. The van der Waals surface area contributed by atoms with Crippen molar-refractivity contribution >= 4 is 5.95 Å². The molecule has 0 fully saturated rings. The number of rotatable bonds is 5. The van der Waals surface area contributed by atoms with Gasteiger partial charge in [-0.1, -0.05) is 0 Å². The van der Waals surface area contributed by atoms with Crippen LogP contribution in [0.2, 0.25) is 0 Å². The van der Waals surface area contributed by atoms with Crippen LogP contribution in [0.4, 0.5) is 23.5 Å². The molecule has 28 heavy (non-hydrogen) atoms. The molecule has 9 heteroatoms. The number of hydrogen-bond acceptors (Lipinski definition) is 4. The second kappa shape index (κ2) is 7.97. The predicted octanol–water partition coefficient (Wildman–Crippen LogP) is 3.25. The number of benzene rings is 1. The van der Waals surface area contributed by atoms with Crippen molar-refractivity contribution in [3.8, 4) is 0 Å². The summed E-state index contributed by atoms with van der Waals surface area (Å²) in [5.41, 5.74) is 1.20. The van der Waals surface area contributed by atoms with E-state index in [0.717, 1.165) is 34.0 Å². The number of aromatic nitrogens is 2. The maximum Gasteiger partial charge on any atom is 0.310 e. The first-order valence-electron chi connectivity index (χ1n) is 8.46. The van der Waals surface area contributed by atoms with Crippen molar-refractivity contribution in [1.82, 2.24) is 9.55 Å². The molecule has 1 aliphatic rings. The molecule has 0 saturated heterocycles. The van der Waals surface area contributed by atoms with E-state index in [0.29, 0.717) is 18.5 Å². The molecule has 0 aliphatic heterocycles. The minimum atomic E-state index is -1.60. The molecule has 148 valence electrons. The van der Waals surface area contributed by atoms with E-state index in [1.165, 1.54) is 0 Å². The first-order valence-corrected chi connectivity index (χ1v) is 8.46. The Morgan fingerprint density at radius 2 is 1.82 bits per heavy atom. The van der Waals surface area contributed by atoms with Crippen molar-refractivity contribution in [1.29, 1.82) is 0 Å². The highest BCUT2D eigenvalue weighted by Gasteiger charge is 2.16. The Morgan fingerprint density at radius 1 is 1.14 bits per heavy atom. The SMILES string of the molecule is CC1=C(Nc2nc(=O)c(F)cn2Cc2cc(F)c(F)c(F)c2)C=C(CO)CC1. The van der Waals surface area contributed by atoms with Gasteiger partial charge in [0.1, 0.15) is 0 Å². The molecule has 2 N–H and O–H groups in total. The van der Waals surface area contributed by atoms with Crippen LogP contribution in [-0.2, 0) is 6.54 Å². The fourth-order valence-corrected chi connectivity index (χ4v) is 2.85. The monoisotopic (exact) mass is 395 g/mol. The summed E-state index contributed by atoms with van der Waals surface area (Å²) < 4.78 is 55.0. The molecule has 0 spiro atoms. The van der Waals surface area contributed by atoms with Gasteiger partial charge in [0.05, 0.1) is 13.2 Å². The van der Waals surface area contributed by atoms with Crippen LogP contribution >= 0.6 is 0 Å². The topological polar surface area (TPSA) is 67.2 Å². The number of nitrogens with zero attached hydrogens (tertiary/aromatic N) is 2. The molecular formula is C19H17F4N3O2. The van der Waals surface area contributed by atoms with Crippen molar-refractivity contribution in [2.75, 3.05) is 11.9 Å². The summed E-state index contributed by atoms with van der Waals surface area (Å²) in [5.74, 6) is -5.55. The van der Waals surface area contributed by atoms with Gasteiger partial charge in [0, 0.05) is 11.9 Å². The van der Waals surface area contributed by atoms with E-state index in [2.05, 4.69) is 10.3 Å². The van der Waals surface area contributed by atoms with Gasteiger partial charge in [0.15, 0.2) is 17.5 Å². The Kier molecular flexibility index (Phi) is 5.64. The second-order valence-electron chi connectivity index (χ2n) is 6.50. The zero-order valence-electron chi connectivity index (χ0n) is 14.9. The van der Waals surface area contributed by atoms with E-state index in [4.69, 9.17) is 0 Å². The van der Waals surface area contributed by atoms with E-state index in [9.17, 15) is 27.5 Å². The number of aliphatic hydroxyl groups excluding tert-OH is 1. The van der Waals surface area contributed by atoms with Crippen molar-refractivity contribution < 1.29 is 22.7 Å². The van der Waals surface area contributed by atoms with E-state index in [1.54, 1.807) is 6.08 Å². The van der Waals surface area contributed by atoms with Gasteiger partial charge >= 0.3 is 5.56 Å². The second-order valence-corrected chi connectivity index (χ2v) is 6.50. The van der Waals surface area contributed by atoms with Gasteiger partial charge in [-0.15, -0.1) is 0 Å². The van der Waals surface area contributed by atoms with Gasteiger partial charge in [0.25, 0.3) is 0 Å². The number of hydrogen-bond donors (Lipinski definition) is 2. The van der Waals surface area contributed by atoms with Gasteiger partial charge in [-0.2, -0.15) is 9.37 Å². The highest BCUT2D eigenvalue weighted by atomic mass is 19.2. The van der Waals surface area contributed by atoms with E-state index in [-0.39, 0.29) is 24.7 Å². The van der Waals surface area contributed by atoms with E-state index in [1.807, 2.05) is 6.92 Å². The molecule has 0 unspecified atom stereocenters. The van der Waals surface area contributed by atoms with Gasteiger partial charge in [-0.05, 0) is 54.7 Å². The predicted molar refractivity (Wildman–Crippen MR) is 94.6 cm³/mol. The van der Waals surface area contributed by atoms with Crippen LogP contribution < -0.4 is 10.9 Å². The molecule has 1 heterocycles. The molecule has 1 aromatic heterocycles. The lowest BCUT2D eigenvalue weighted by molar-refractivity contribution is 0.326. The Labute approximate surface area is 157 Å². The summed E-state index contributed by atoms with van der Waals surface area (Å²) in [5, 5.41) is 12.2. The van der Waals surface area contributed by atoms with Crippen molar-refractivity contribution in [2.24, 2.45) is 0 Å². The molecule has 5 nitrogen and oxygen atoms in total. The standard InChI is InChI=1S/C19H17F4N3O2/c1-10-2-3-11(9-27)6-16(10)24-19-25-18(28)15(22)8-26(19)7-12-4-13(20)17(23)14(21)5-12/h4-6,8,27H,2-3,7,9H2,1H3,(H,24,25,28). The number of nitrogens with one attached hydrogen (secondary N) is 1. The molecule has 2 aromatic rings. The molecule has 1 aromatic carbocycles. The largest absolute Gasteiger partial charge is 0.392 e. The van der Waals surface area contributed by atoms with Crippen LogP contribution in [0.3, 0.4) is 0 Å². The van der Waals surface area contributed by atoms with Crippen molar-refractivity contribution in [3.05, 3.63) is 80.4 Å². The minimum Gasteiger partial charge on any atom is -0.392 e. The van der Waals surface area contributed by atoms with Gasteiger partial charge < -0.3 is 15.0 Å². The van der Waals surface area contributed by atoms with Gasteiger partial charge in [-0.3, -0.25) is 4.79 Å². The average molecular weight is 395 g/mol. The molecule has 0 bridgehead atoms. The Morgan fingerprint density at radius 3 is 2.46 bits per heavy atom. The number of aliphatic hydroxyl groups is 1. The maximum absolute atomic E-state index is 13.8. The van der Waals surface area contributed by atoms with Crippen LogP contribution in [-0.4, -0.2) is 21.3 Å². The third-order valence-corrected chi connectivity index (χ3v) is 4.43. The highest BCUT2D eigenvalue weighted by Crippen LogP contribution is 2.24. The maximum atomic E-state index is 13.8. The highest BCUT2D eigenvalue weighted by molar-refractivity contribution is 5.46. The lowest BCUT2D eigenvalue weighted by atomic mass is 9.97. The first kappa shape index (κ1) is 19.8. The van der Waals surface area contributed by atoms with E-state index < -0.39 is 28.8 Å². The van der Waals surface area contributed by atoms with Crippen molar-refractivity contribution in [2.45, 2.75) is 26.3 Å². The summed E-state index contributed by atoms with van der Waals surface area (Å²) in [7, 11) is 0. The minimum absolute atomic E-state index is 0.0187. The molecular weight excluding hydrogens is 378 g/mol. The van der Waals surface area contributed by atoms with Gasteiger partial charge in [0.2, 0.25) is 11.8 Å². The van der Waals surface area contributed by atoms with Crippen LogP contribution in [0.15, 0.2) is 46.0 Å². The van der Waals surface area contributed by atoms with Crippen LogP contribution in [0, 0.1) is 23.3 Å². The lowest BCUT2D eigenvalue weighted by Gasteiger charge is -2.20. The third kappa shape index (κ3) is 4.14. The summed E-state index contributed by atoms with van der Waals surface area (Å²) in [6.45, 7) is 1.46. The Bertz CT molecular complexity index is 1020. The molecule has 1 aliphatic carbocycles. The number of anilines is 1. The molecule has 0 radical (unpaired) electrons. The smallest absolute Gasteiger partial charge is 0.310 e. The molecule has 0 atom stereocenters. The summed E-state index contributed by atoms with van der Waals surface area (Å²) in [4.78, 5) is 15.3. The van der Waals surface area contributed by atoms with Crippen LogP contribution in [0.1, 0.15) is 25.3 Å². The van der Waals surface area contributed by atoms with E-state index >= 15 is 0 Å². The van der Waals surface area contributed by atoms with Crippen LogP contribution in [0.25, 0.3) is 0 Å². The fourth-order valence-electron chi connectivity index (χ4n) is 2.85. The summed E-state index contributed by atoms with van der Waals surface area (Å²) in [6, 6.07) is 1.57. The first-order chi connectivity index (χ1) is 13.3. The van der Waals surface area contributed by atoms with Gasteiger partial charge in [-0.25, -0.2) is 13.2 Å². The number of halogens is 4. The average Bonchev–Trinajstić information content (AvgIpc) is 2.65. The molecule has 0 saturated carbocycles. The zero-order valence-corrected chi connectivity index (χ0v) is 14.9. The van der Waals surface area contributed by atoms with Crippen LogP contribution in [0.5, 0.6) is 0 Å². The zero-order chi connectivity index (χ0) is 20.4. The molecule has 3 rings (SSSR count). The lowest BCUT2D eigenvalue weighted by Crippen LogP contribution is -2.22. The Balaban J connectivity index is 2.00. The summed E-state index contributed by atoms with van der Waals surface area (Å²) >= 11 is 0. The Hall–Kier alpha value is -2.94. The van der Waals surface area contributed by atoms with Crippen molar-refractivity contribution in [3.63, 3.8) is 0 Å². The number of allylic oxidation sites excluding steroid dienone is 2.